The zero-order valence-electron chi connectivity index (χ0n) is 27.5. The molecule has 9 nitrogen and oxygen atoms in total. The Morgan fingerprint density at radius 1 is 1.04 bits per heavy atom. The van der Waals surface area contributed by atoms with Crippen molar-refractivity contribution in [3.63, 3.8) is 0 Å². The van der Waals surface area contributed by atoms with Gasteiger partial charge in [-0.25, -0.2) is 9.79 Å². The highest BCUT2D eigenvalue weighted by molar-refractivity contribution is 6.36. The molecule has 1 heterocycles. The van der Waals surface area contributed by atoms with Crippen LogP contribution in [-0.2, 0) is 0 Å². The summed E-state index contributed by atoms with van der Waals surface area (Å²) in [5, 5.41) is 31.8. The number of pyridine rings is 1. The number of nitrogens with one attached hydrogen (secondary N) is 5. The van der Waals surface area contributed by atoms with Gasteiger partial charge < -0.3 is 15.5 Å². The Balaban J connectivity index is 1.32. The number of hydrogen-bond acceptors (Lipinski definition) is 6. The van der Waals surface area contributed by atoms with Gasteiger partial charge in [0.05, 0.1) is 23.3 Å². The molecule has 0 saturated carbocycles. The highest BCUT2D eigenvalue weighted by Gasteiger charge is 2.30. The molecule has 2 amide bonds. The van der Waals surface area contributed by atoms with E-state index in [0.717, 1.165) is 16.7 Å². The number of allylic oxidation sites excluding steroid dienone is 4. The van der Waals surface area contributed by atoms with E-state index in [1.54, 1.807) is 24.4 Å². The molecule has 3 aromatic rings. The summed E-state index contributed by atoms with van der Waals surface area (Å²) in [4.78, 5) is 18.1. The minimum absolute atomic E-state index is 0.0297. The normalized spacial score (nSPS) is 19.4. The van der Waals surface area contributed by atoms with E-state index < -0.39 is 11.4 Å². The number of urea groups is 1. The Morgan fingerprint density at radius 2 is 1.75 bits per heavy atom. The second-order valence-corrected chi connectivity index (χ2v) is 14.0. The highest BCUT2D eigenvalue weighted by Crippen LogP contribution is 2.39. The molecule has 0 aliphatic heterocycles. The minimum Gasteiger partial charge on any atom is -0.484 e. The third-order valence-corrected chi connectivity index (χ3v) is 9.13. The fraction of sp³-hybridized carbons (Fsp3) is 0.324. The van der Waals surface area contributed by atoms with Crippen LogP contribution in [0.1, 0.15) is 75.3 Å². The molecular weight excluding hydrogens is 645 g/mol. The first-order chi connectivity index (χ1) is 22.8. The molecule has 1 aromatic heterocycles. The standard InChI is InChI=1S/C37H41Cl2N7O2/c1-22-12-14-23(15-13-22)43-33(20-31(40)37(2,3)4)45-36(47)44-29-17-18-30(26-9-6-5-8-25(26)29)48-24-16-19-32(41)46(21-24)35(42)34-27(38)10-7-11-28(34)39/h5-10,12-16,19,21,27,29-30,40-42H,11,17-18,20H2,1-4H3,(H2,43,44,45,47). The Kier molecular flexibility index (Phi) is 10.7. The maximum atomic E-state index is 13.4. The van der Waals surface area contributed by atoms with Crippen LogP contribution < -0.4 is 20.9 Å². The summed E-state index contributed by atoms with van der Waals surface area (Å²) in [6.45, 7) is 7.91. The molecule has 5 rings (SSSR count). The molecule has 2 aromatic carbocycles. The Morgan fingerprint density at radius 3 is 2.44 bits per heavy atom. The first-order valence-electron chi connectivity index (χ1n) is 15.9. The van der Waals surface area contributed by atoms with Crippen molar-refractivity contribution in [3.05, 3.63) is 112 Å². The van der Waals surface area contributed by atoms with E-state index in [4.69, 9.17) is 44.2 Å². The van der Waals surface area contributed by atoms with Gasteiger partial charge in [-0.15, -0.1) is 11.6 Å². The van der Waals surface area contributed by atoms with E-state index in [9.17, 15) is 4.79 Å². The number of amides is 2. The molecular formula is C37H41Cl2N7O2. The van der Waals surface area contributed by atoms with Gasteiger partial charge in [-0.2, -0.15) is 0 Å². The third-order valence-electron chi connectivity index (χ3n) is 8.41. The summed E-state index contributed by atoms with van der Waals surface area (Å²) in [5.74, 6) is 0.925. The topological polar surface area (TPSA) is 139 Å². The number of aromatic nitrogens is 1. The molecule has 0 fully saturated rings. The van der Waals surface area contributed by atoms with Gasteiger partial charge in [-0.05, 0) is 60.6 Å². The molecule has 48 heavy (non-hydrogen) atoms. The first kappa shape index (κ1) is 34.9. The number of aryl methyl sites for hydroxylation is 1. The number of fused-ring (bicyclic) bond motifs is 1. The number of carbonyl (C=O) groups is 1. The number of alkyl halides is 1. The van der Waals surface area contributed by atoms with Crippen molar-refractivity contribution in [2.24, 2.45) is 10.4 Å². The SMILES string of the molecule is Cc1ccc(N=C(CC(=N)C(C)(C)C)NC(=O)NC2CCC(Oc3ccc(=N)n(C(=N)C4=C(Cl)CC=CC4Cl)c3)c3ccccc32)cc1. The summed E-state index contributed by atoms with van der Waals surface area (Å²) >= 11 is 12.9. The molecule has 0 bridgehead atoms. The van der Waals surface area contributed by atoms with Crippen LogP contribution in [0.2, 0.25) is 0 Å². The number of hydrogen-bond donors (Lipinski definition) is 5. The second kappa shape index (κ2) is 14.7. The molecule has 2 aliphatic rings. The molecule has 0 spiro atoms. The van der Waals surface area contributed by atoms with Gasteiger partial charge in [-0.1, -0.05) is 86.5 Å². The van der Waals surface area contributed by atoms with Crippen LogP contribution in [0.25, 0.3) is 0 Å². The van der Waals surface area contributed by atoms with Crippen LogP contribution in [0.4, 0.5) is 10.5 Å². The molecule has 11 heteroatoms. The van der Waals surface area contributed by atoms with Crippen LogP contribution in [0.5, 0.6) is 5.75 Å². The van der Waals surface area contributed by atoms with Gasteiger partial charge in [0.1, 0.15) is 29.0 Å². The second-order valence-electron chi connectivity index (χ2n) is 13.1. The lowest BCUT2D eigenvalue weighted by atomic mass is 9.85. The minimum atomic E-state index is -0.558. The van der Waals surface area contributed by atoms with Crippen molar-refractivity contribution >= 4 is 52.3 Å². The summed E-state index contributed by atoms with van der Waals surface area (Å²) in [6, 6.07) is 18.2. The Labute approximate surface area is 291 Å². The predicted molar refractivity (Wildman–Crippen MR) is 193 cm³/mol. The van der Waals surface area contributed by atoms with Gasteiger partial charge in [0.15, 0.2) is 0 Å². The van der Waals surface area contributed by atoms with E-state index in [2.05, 4.69) is 15.6 Å². The van der Waals surface area contributed by atoms with Crippen molar-refractivity contribution in [2.75, 3.05) is 0 Å². The fourth-order valence-electron chi connectivity index (χ4n) is 5.60. The largest absolute Gasteiger partial charge is 0.484 e. The van der Waals surface area contributed by atoms with Gasteiger partial charge in [0.2, 0.25) is 0 Å². The van der Waals surface area contributed by atoms with E-state index in [1.807, 2.05) is 82.3 Å². The van der Waals surface area contributed by atoms with Crippen molar-refractivity contribution in [1.82, 2.24) is 15.2 Å². The number of ether oxygens (including phenoxy) is 1. The molecule has 0 saturated heterocycles. The molecule has 250 valence electrons. The number of nitrogens with zero attached hydrogens (tertiary/aromatic N) is 2. The van der Waals surface area contributed by atoms with E-state index >= 15 is 0 Å². The van der Waals surface area contributed by atoms with Gasteiger partial charge in [-0.3, -0.25) is 20.7 Å². The smallest absolute Gasteiger partial charge is 0.320 e. The van der Waals surface area contributed by atoms with Crippen LogP contribution in [0.3, 0.4) is 0 Å². The van der Waals surface area contributed by atoms with E-state index in [1.165, 1.54) is 4.57 Å². The summed E-state index contributed by atoms with van der Waals surface area (Å²) < 4.78 is 7.89. The zero-order chi connectivity index (χ0) is 34.6. The highest BCUT2D eigenvalue weighted by atomic mass is 35.5. The number of rotatable bonds is 7. The number of halogens is 2. The lowest BCUT2D eigenvalue weighted by Crippen LogP contribution is -2.43. The lowest BCUT2D eigenvalue weighted by molar-refractivity contribution is 0.171. The quantitative estimate of drug-likeness (QED) is 0.0736. The maximum Gasteiger partial charge on any atom is 0.320 e. The lowest BCUT2D eigenvalue weighted by Gasteiger charge is -2.32. The predicted octanol–water partition coefficient (Wildman–Crippen LogP) is 8.60. The number of aliphatic imine (C=N–C) groups is 1. The average molecular weight is 687 g/mol. The molecule has 3 atom stereocenters. The van der Waals surface area contributed by atoms with Crippen LogP contribution >= 0.6 is 23.2 Å². The number of carbonyl (C=O) groups excluding carboxylic acids is 1. The van der Waals surface area contributed by atoms with Crippen LogP contribution in [0.15, 0.2) is 94.6 Å². The van der Waals surface area contributed by atoms with Crippen LogP contribution in [0, 0.1) is 28.6 Å². The van der Waals surface area contributed by atoms with Crippen molar-refractivity contribution in [2.45, 2.75) is 70.9 Å². The first-order valence-corrected chi connectivity index (χ1v) is 16.7. The summed E-state index contributed by atoms with van der Waals surface area (Å²) in [5.41, 5.74) is 4.36. The Bertz CT molecular complexity index is 1870. The summed E-state index contributed by atoms with van der Waals surface area (Å²) in [7, 11) is 0. The van der Waals surface area contributed by atoms with Crippen molar-refractivity contribution < 1.29 is 9.53 Å². The van der Waals surface area contributed by atoms with Gasteiger partial charge in [0.25, 0.3) is 0 Å². The van der Waals surface area contributed by atoms with Gasteiger partial charge >= 0.3 is 6.03 Å². The Hall–Kier alpha value is -4.47. The molecule has 3 unspecified atom stereocenters. The third kappa shape index (κ3) is 8.32. The maximum absolute atomic E-state index is 13.4. The molecule has 0 radical (unpaired) electrons. The van der Waals surface area contributed by atoms with E-state index in [-0.39, 0.29) is 35.3 Å². The van der Waals surface area contributed by atoms with E-state index in [0.29, 0.717) is 52.9 Å². The number of benzene rings is 2. The van der Waals surface area contributed by atoms with Crippen molar-refractivity contribution in [3.8, 4) is 5.75 Å². The fourth-order valence-corrected chi connectivity index (χ4v) is 6.29. The van der Waals surface area contributed by atoms with Gasteiger partial charge in [0, 0.05) is 29.2 Å². The van der Waals surface area contributed by atoms with Crippen LogP contribution in [-0.4, -0.2) is 33.4 Å². The zero-order valence-corrected chi connectivity index (χ0v) is 29.0. The monoisotopic (exact) mass is 685 g/mol. The molecule has 2 aliphatic carbocycles. The number of amidine groups is 1. The average Bonchev–Trinajstić information content (AvgIpc) is 3.03. The molecule has 5 N–H and O–H groups in total. The summed E-state index contributed by atoms with van der Waals surface area (Å²) in [6.07, 6.45) is 6.90. The van der Waals surface area contributed by atoms with Crippen molar-refractivity contribution in [1.29, 1.82) is 16.2 Å².